The molecule has 0 aliphatic heterocycles. The molecule has 1 rings (SSSR count). The number of urea groups is 1. The molecule has 0 aliphatic carbocycles. The summed E-state index contributed by atoms with van der Waals surface area (Å²) in [6, 6.07) is 3.68. The van der Waals surface area contributed by atoms with E-state index in [-0.39, 0.29) is 5.69 Å². The summed E-state index contributed by atoms with van der Waals surface area (Å²) in [6.07, 6.45) is 1.42. The summed E-state index contributed by atoms with van der Waals surface area (Å²) in [4.78, 5) is 36.1. The molecule has 3 N–H and O–H groups in total. The Kier molecular flexibility index (Phi) is 3.96. The van der Waals surface area contributed by atoms with Crippen LogP contribution in [0.5, 0.6) is 0 Å². The van der Waals surface area contributed by atoms with E-state index in [1.807, 2.05) is 0 Å². The zero-order valence-corrected chi connectivity index (χ0v) is 8.17. The van der Waals surface area contributed by atoms with Crippen molar-refractivity contribution in [1.29, 1.82) is 0 Å². The number of primary amides is 1. The van der Waals surface area contributed by atoms with Gasteiger partial charge in [0.1, 0.15) is 5.69 Å². The predicted molar refractivity (Wildman–Crippen MR) is 52.2 cm³/mol. The highest BCUT2D eigenvalue weighted by atomic mass is 16.5. The van der Waals surface area contributed by atoms with Gasteiger partial charge in [0.25, 0.3) is 5.91 Å². The number of carbonyl (C=O) groups is 3. The molecule has 0 atom stereocenters. The Hall–Kier alpha value is -2.44. The van der Waals surface area contributed by atoms with Gasteiger partial charge in [0.05, 0.1) is 0 Å². The highest BCUT2D eigenvalue weighted by Crippen LogP contribution is 1.96. The molecule has 1 aromatic heterocycles. The number of nitrogens with two attached hydrogens (primary N) is 1. The van der Waals surface area contributed by atoms with E-state index in [1.54, 1.807) is 17.4 Å². The largest absolute Gasteiger partial charge is 0.451 e. The number of pyridine rings is 1. The highest BCUT2D eigenvalue weighted by Gasteiger charge is 2.11. The molecular weight excluding hydrogens is 214 g/mol. The second kappa shape index (κ2) is 5.44. The van der Waals surface area contributed by atoms with Crippen molar-refractivity contribution in [3.8, 4) is 0 Å². The van der Waals surface area contributed by atoms with Gasteiger partial charge < -0.3 is 10.5 Å². The van der Waals surface area contributed by atoms with Gasteiger partial charge in [0.15, 0.2) is 6.61 Å². The summed E-state index contributed by atoms with van der Waals surface area (Å²) in [6.45, 7) is -0.585. The quantitative estimate of drug-likeness (QED) is 0.666. The Morgan fingerprint density at radius 1 is 1.38 bits per heavy atom. The average molecular weight is 223 g/mol. The summed E-state index contributed by atoms with van der Waals surface area (Å²) < 4.78 is 4.57. The van der Waals surface area contributed by atoms with Crippen molar-refractivity contribution >= 4 is 17.9 Å². The van der Waals surface area contributed by atoms with Crippen LogP contribution in [0.15, 0.2) is 24.4 Å². The minimum absolute atomic E-state index is 0.0781. The maximum absolute atomic E-state index is 11.3. The predicted octanol–water partition coefficient (Wildman–Crippen LogP) is -0.567. The lowest BCUT2D eigenvalue weighted by Gasteiger charge is -2.03. The molecular formula is C9H9N3O4. The van der Waals surface area contributed by atoms with Crippen molar-refractivity contribution in [2.75, 3.05) is 6.61 Å². The number of hydrogen-bond acceptors (Lipinski definition) is 5. The molecule has 1 heterocycles. The van der Waals surface area contributed by atoms with Crippen molar-refractivity contribution in [3.05, 3.63) is 30.1 Å². The zero-order valence-electron chi connectivity index (χ0n) is 8.17. The van der Waals surface area contributed by atoms with Gasteiger partial charge in [-0.05, 0) is 12.1 Å². The lowest BCUT2D eigenvalue weighted by atomic mass is 10.3. The molecule has 0 aliphatic rings. The molecule has 16 heavy (non-hydrogen) atoms. The Balaban J connectivity index is 2.42. The van der Waals surface area contributed by atoms with E-state index in [0.29, 0.717) is 0 Å². The zero-order chi connectivity index (χ0) is 12.0. The molecule has 3 amide bonds. The van der Waals surface area contributed by atoms with Gasteiger partial charge in [-0.2, -0.15) is 0 Å². The fourth-order valence-corrected chi connectivity index (χ4v) is 0.862. The molecule has 7 nitrogen and oxygen atoms in total. The summed E-state index contributed by atoms with van der Waals surface area (Å²) in [5, 5.41) is 1.75. The van der Waals surface area contributed by atoms with E-state index in [9.17, 15) is 14.4 Å². The maximum atomic E-state index is 11.3. The van der Waals surface area contributed by atoms with Crippen LogP contribution in [0, 0.1) is 0 Å². The van der Waals surface area contributed by atoms with Crippen molar-refractivity contribution in [1.82, 2.24) is 10.3 Å². The SMILES string of the molecule is NC(=O)NC(=O)COC(=O)c1ccccn1. The average Bonchev–Trinajstić information content (AvgIpc) is 2.26. The first-order chi connectivity index (χ1) is 7.59. The lowest BCUT2D eigenvalue weighted by molar-refractivity contribution is -0.123. The second-order valence-electron chi connectivity index (χ2n) is 2.70. The van der Waals surface area contributed by atoms with Crippen molar-refractivity contribution in [2.24, 2.45) is 5.73 Å². The minimum Gasteiger partial charge on any atom is -0.451 e. The molecule has 0 unspecified atom stereocenters. The Morgan fingerprint density at radius 2 is 2.12 bits per heavy atom. The van der Waals surface area contributed by atoms with Crippen LogP contribution in [0.25, 0.3) is 0 Å². The van der Waals surface area contributed by atoms with Crippen LogP contribution >= 0.6 is 0 Å². The first-order valence-electron chi connectivity index (χ1n) is 4.27. The summed E-state index contributed by atoms with van der Waals surface area (Å²) in [5.74, 6) is -1.54. The molecule has 1 aromatic rings. The van der Waals surface area contributed by atoms with Crippen LogP contribution in [-0.4, -0.2) is 29.5 Å². The third kappa shape index (κ3) is 3.74. The van der Waals surface area contributed by atoms with Crippen molar-refractivity contribution < 1.29 is 19.1 Å². The fraction of sp³-hybridized carbons (Fsp3) is 0.111. The summed E-state index contributed by atoms with van der Waals surface area (Å²) in [7, 11) is 0. The molecule has 0 saturated carbocycles. The summed E-state index contributed by atoms with van der Waals surface area (Å²) >= 11 is 0. The number of rotatable bonds is 3. The molecule has 7 heteroatoms. The number of nitrogens with one attached hydrogen (secondary N) is 1. The van der Waals surface area contributed by atoms with Crippen LogP contribution < -0.4 is 11.1 Å². The van der Waals surface area contributed by atoms with E-state index in [1.165, 1.54) is 12.3 Å². The first-order valence-corrected chi connectivity index (χ1v) is 4.27. The number of nitrogens with zero attached hydrogens (tertiary/aromatic N) is 1. The van der Waals surface area contributed by atoms with Crippen LogP contribution in [0.4, 0.5) is 4.79 Å². The Labute approximate surface area is 90.6 Å². The molecule has 84 valence electrons. The second-order valence-corrected chi connectivity index (χ2v) is 2.70. The number of imide groups is 1. The van der Waals surface area contributed by atoms with Gasteiger partial charge in [-0.25, -0.2) is 14.6 Å². The molecule has 0 spiro atoms. The Morgan fingerprint density at radius 3 is 2.69 bits per heavy atom. The number of carbonyl (C=O) groups excluding carboxylic acids is 3. The third-order valence-corrected chi connectivity index (χ3v) is 1.47. The van der Waals surface area contributed by atoms with Gasteiger partial charge >= 0.3 is 12.0 Å². The van der Waals surface area contributed by atoms with E-state index < -0.39 is 24.5 Å². The van der Waals surface area contributed by atoms with E-state index in [2.05, 4.69) is 15.5 Å². The minimum atomic E-state index is -1.00. The monoisotopic (exact) mass is 223 g/mol. The van der Waals surface area contributed by atoms with Crippen LogP contribution in [0.1, 0.15) is 10.5 Å². The molecule has 0 saturated heterocycles. The molecule has 0 aromatic carbocycles. The maximum Gasteiger partial charge on any atom is 0.357 e. The number of ether oxygens (including phenoxy) is 1. The van der Waals surface area contributed by atoms with Crippen LogP contribution in [-0.2, 0) is 9.53 Å². The van der Waals surface area contributed by atoms with E-state index >= 15 is 0 Å². The normalized spacial score (nSPS) is 9.25. The van der Waals surface area contributed by atoms with E-state index in [4.69, 9.17) is 0 Å². The van der Waals surface area contributed by atoms with Gasteiger partial charge in [-0.1, -0.05) is 6.07 Å². The van der Waals surface area contributed by atoms with Crippen LogP contribution in [0.3, 0.4) is 0 Å². The Bertz CT molecular complexity index is 404. The van der Waals surface area contributed by atoms with Gasteiger partial charge in [0.2, 0.25) is 0 Å². The standard InChI is InChI=1S/C9H9N3O4/c10-9(15)12-7(13)5-16-8(14)6-3-1-2-4-11-6/h1-4H,5H2,(H3,10,12,13,15). The van der Waals surface area contributed by atoms with Crippen molar-refractivity contribution in [2.45, 2.75) is 0 Å². The van der Waals surface area contributed by atoms with Crippen molar-refractivity contribution in [3.63, 3.8) is 0 Å². The number of hydrogen-bond donors (Lipinski definition) is 2. The van der Waals surface area contributed by atoms with Crippen LogP contribution in [0.2, 0.25) is 0 Å². The molecule has 0 bridgehead atoms. The third-order valence-electron chi connectivity index (χ3n) is 1.47. The first kappa shape index (κ1) is 11.6. The van der Waals surface area contributed by atoms with Gasteiger partial charge in [0, 0.05) is 6.20 Å². The topological polar surface area (TPSA) is 111 Å². The lowest BCUT2D eigenvalue weighted by Crippen LogP contribution is -2.37. The molecule has 0 fully saturated rings. The van der Waals surface area contributed by atoms with Gasteiger partial charge in [-0.15, -0.1) is 0 Å². The number of aromatic nitrogens is 1. The van der Waals surface area contributed by atoms with E-state index in [0.717, 1.165) is 0 Å². The number of esters is 1. The fourth-order valence-electron chi connectivity index (χ4n) is 0.862. The highest BCUT2D eigenvalue weighted by molar-refractivity contribution is 5.95. The summed E-state index contributed by atoms with van der Waals surface area (Å²) in [5.41, 5.74) is 4.77. The number of amides is 3. The van der Waals surface area contributed by atoms with Gasteiger partial charge in [-0.3, -0.25) is 10.1 Å². The molecule has 0 radical (unpaired) electrons. The smallest absolute Gasteiger partial charge is 0.357 e.